The normalized spacial score (nSPS) is 10.7. The molecule has 0 radical (unpaired) electrons. The lowest BCUT2D eigenvalue weighted by Gasteiger charge is -2.12. The van der Waals surface area contributed by atoms with Crippen LogP contribution < -0.4 is 10.9 Å². The van der Waals surface area contributed by atoms with Crippen LogP contribution in [0.2, 0.25) is 5.02 Å². The van der Waals surface area contributed by atoms with Crippen LogP contribution in [0.4, 0.5) is 4.39 Å². The molecule has 3 aromatic carbocycles. The molecular formula is C24H19ClFN5O2S. The molecule has 2 N–H and O–H groups in total. The van der Waals surface area contributed by atoms with Gasteiger partial charge in [-0.3, -0.25) is 25.0 Å². The van der Waals surface area contributed by atoms with Crippen molar-refractivity contribution in [1.29, 1.82) is 0 Å². The molecule has 0 bridgehead atoms. The monoisotopic (exact) mass is 495 g/mol. The van der Waals surface area contributed by atoms with Gasteiger partial charge in [-0.1, -0.05) is 65.3 Å². The molecule has 0 saturated carbocycles. The molecule has 4 rings (SSSR count). The average molecular weight is 496 g/mol. The number of nitrogens with one attached hydrogen (secondary N) is 2. The zero-order valence-corrected chi connectivity index (χ0v) is 19.5. The Morgan fingerprint density at radius 1 is 0.971 bits per heavy atom. The summed E-state index contributed by atoms with van der Waals surface area (Å²) in [6.45, 7) is 1.91. The minimum Gasteiger partial charge on any atom is -0.272 e. The van der Waals surface area contributed by atoms with E-state index in [2.05, 4.69) is 21.0 Å². The maximum Gasteiger partial charge on any atom is 0.269 e. The number of carbonyl (C=O) groups excluding carboxylic acids is 2. The van der Waals surface area contributed by atoms with Crippen LogP contribution in [0.15, 0.2) is 78.0 Å². The quantitative estimate of drug-likeness (QED) is 0.302. The fraction of sp³-hybridized carbons (Fsp3) is 0.0833. The first-order chi connectivity index (χ1) is 16.4. The average Bonchev–Trinajstić information content (AvgIpc) is 3.25. The third kappa shape index (κ3) is 5.27. The Labute approximate surface area is 204 Å². The third-order valence-electron chi connectivity index (χ3n) is 4.80. The molecule has 0 unspecified atom stereocenters. The fourth-order valence-corrected chi connectivity index (χ4v) is 4.07. The summed E-state index contributed by atoms with van der Waals surface area (Å²) in [5.41, 5.74) is 6.98. The number of carbonyl (C=O) groups is 2. The number of para-hydroxylation sites is 1. The van der Waals surface area contributed by atoms with Crippen molar-refractivity contribution in [3.63, 3.8) is 0 Å². The Morgan fingerprint density at radius 3 is 2.41 bits per heavy atom. The molecule has 34 heavy (non-hydrogen) atoms. The molecule has 1 aromatic heterocycles. The number of rotatable bonds is 6. The van der Waals surface area contributed by atoms with Gasteiger partial charge in [0.15, 0.2) is 11.0 Å². The summed E-state index contributed by atoms with van der Waals surface area (Å²) in [5.74, 6) is -1.14. The smallest absolute Gasteiger partial charge is 0.269 e. The van der Waals surface area contributed by atoms with Gasteiger partial charge in [0.25, 0.3) is 5.91 Å². The van der Waals surface area contributed by atoms with Crippen molar-refractivity contribution in [3.05, 3.63) is 94.8 Å². The van der Waals surface area contributed by atoms with Crippen LogP contribution in [-0.4, -0.2) is 32.3 Å². The van der Waals surface area contributed by atoms with Gasteiger partial charge in [0.1, 0.15) is 5.82 Å². The molecule has 0 spiro atoms. The van der Waals surface area contributed by atoms with E-state index >= 15 is 0 Å². The first-order valence-corrected chi connectivity index (χ1v) is 11.5. The van der Waals surface area contributed by atoms with Gasteiger partial charge in [0, 0.05) is 11.1 Å². The molecule has 0 atom stereocenters. The van der Waals surface area contributed by atoms with E-state index in [1.807, 2.05) is 6.92 Å². The molecular weight excluding hydrogens is 477 g/mol. The van der Waals surface area contributed by atoms with Crippen LogP contribution in [0.3, 0.4) is 0 Å². The number of amides is 2. The second-order valence-corrected chi connectivity index (χ2v) is 8.58. The minimum atomic E-state index is -0.479. The highest BCUT2D eigenvalue weighted by atomic mass is 35.5. The SMILES string of the molecule is Cc1ccc(C(=O)NNC(=O)CSc2nnc(-c3ccccc3Cl)n2-c2ccccc2F)cc1. The van der Waals surface area contributed by atoms with Crippen LogP contribution in [-0.2, 0) is 4.79 Å². The van der Waals surface area contributed by atoms with E-state index < -0.39 is 17.6 Å². The molecule has 0 aliphatic heterocycles. The van der Waals surface area contributed by atoms with Crippen molar-refractivity contribution in [2.45, 2.75) is 12.1 Å². The van der Waals surface area contributed by atoms with Gasteiger partial charge in [-0.15, -0.1) is 10.2 Å². The lowest BCUT2D eigenvalue weighted by Crippen LogP contribution is -2.42. The predicted octanol–water partition coefficient (Wildman–Crippen LogP) is 4.59. The van der Waals surface area contributed by atoms with E-state index in [9.17, 15) is 14.0 Å². The Hall–Kier alpha value is -3.69. The van der Waals surface area contributed by atoms with Crippen molar-refractivity contribution in [2.75, 3.05) is 5.75 Å². The maximum atomic E-state index is 14.7. The van der Waals surface area contributed by atoms with Gasteiger partial charge in [0.2, 0.25) is 5.91 Å². The zero-order chi connectivity index (χ0) is 24.1. The number of halogens is 2. The summed E-state index contributed by atoms with van der Waals surface area (Å²) < 4.78 is 16.2. The standard InChI is InChI=1S/C24H19ClFN5O2S/c1-15-10-12-16(13-11-15)23(33)29-27-21(32)14-34-24-30-28-22(17-6-2-3-7-18(17)25)31(24)20-9-5-4-8-19(20)26/h2-13H,14H2,1H3,(H,27,32)(H,29,33). The van der Waals surface area contributed by atoms with Crippen molar-refractivity contribution in [2.24, 2.45) is 0 Å². The maximum absolute atomic E-state index is 14.7. The van der Waals surface area contributed by atoms with Gasteiger partial charge in [-0.2, -0.15) is 0 Å². The van der Waals surface area contributed by atoms with E-state index in [-0.39, 0.29) is 11.4 Å². The third-order valence-corrected chi connectivity index (χ3v) is 6.06. The molecule has 0 saturated heterocycles. The summed E-state index contributed by atoms with van der Waals surface area (Å²) in [7, 11) is 0. The van der Waals surface area contributed by atoms with Crippen LogP contribution in [0.1, 0.15) is 15.9 Å². The van der Waals surface area contributed by atoms with Gasteiger partial charge < -0.3 is 0 Å². The van der Waals surface area contributed by atoms with Crippen LogP contribution >= 0.6 is 23.4 Å². The Morgan fingerprint density at radius 2 is 1.68 bits per heavy atom. The molecule has 2 amide bonds. The number of aromatic nitrogens is 3. The summed E-state index contributed by atoms with van der Waals surface area (Å²) in [4.78, 5) is 24.5. The second-order valence-electron chi connectivity index (χ2n) is 7.23. The molecule has 0 aliphatic rings. The molecule has 7 nitrogen and oxygen atoms in total. The van der Waals surface area contributed by atoms with Crippen molar-refractivity contribution < 1.29 is 14.0 Å². The van der Waals surface area contributed by atoms with Crippen LogP contribution in [0, 0.1) is 12.7 Å². The number of hydrogen-bond acceptors (Lipinski definition) is 5. The van der Waals surface area contributed by atoms with Gasteiger partial charge in [0.05, 0.1) is 16.5 Å². The minimum absolute atomic E-state index is 0.0940. The van der Waals surface area contributed by atoms with E-state index in [4.69, 9.17) is 11.6 Å². The Balaban J connectivity index is 1.51. The highest BCUT2D eigenvalue weighted by molar-refractivity contribution is 7.99. The van der Waals surface area contributed by atoms with E-state index in [0.29, 0.717) is 27.1 Å². The largest absolute Gasteiger partial charge is 0.272 e. The zero-order valence-electron chi connectivity index (χ0n) is 18.0. The summed E-state index contributed by atoms with van der Waals surface area (Å²) >= 11 is 7.38. The number of aryl methyl sites for hydroxylation is 1. The summed E-state index contributed by atoms with van der Waals surface area (Å²) in [6.07, 6.45) is 0. The predicted molar refractivity (Wildman–Crippen MR) is 129 cm³/mol. The topological polar surface area (TPSA) is 88.9 Å². The number of nitrogens with zero attached hydrogens (tertiary/aromatic N) is 3. The molecule has 1 heterocycles. The summed E-state index contributed by atoms with van der Waals surface area (Å²) in [5, 5.41) is 9.08. The molecule has 4 aromatic rings. The van der Waals surface area contributed by atoms with Gasteiger partial charge in [-0.05, 0) is 43.3 Å². The van der Waals surface area contributed by atoms with E-state index in [1.54, 1.807) is 66.7 Å². The second kappa shape index (κ2) is 10.5. The van der Waals surface area contributed by atoms with Crippen molar-refractivity contribution >= 4 is 35.2 Å². The first kappa shape index (κ1) is 23.5. The Bertz CT molecular complexity index is 1340. The highest BCUT2D eigenvalue weighted by Crippen LogP contribution is 2.32. The van der Waals surface area contributed by atoms with Crippen molar-refractivity contribution in [1.82, 2.24) is 25.6 Å². The molecule has 0 aliphatic carbocycles. The molecule has 0 fully saturated rings. The van der Waals surface area contributed by atoms with Gasteiger partial charge >= 0.3 is 0 Å². The van der Waals surface area contributed by atoms with E-state index in [0.717, 1.165) is 17.3 Å². The first-order valence-electron chi connectivity index (χ1n) is 10.2. The highest BCUT2D eigenvalue weighted by Gasteiger charge is 2.21. The Kier molecular flexibility index (Phi) is 7.24. The molecule has 172 valence electrons. The van der Waals surface area contributed by atoms with Crippen molar-refractivity contribution in [3.8, 4) is 17.1 Å². The molecule has 10 heteroatoms. The lowest BCUT2D eigenvalue weighted by molar-refractivity contribution is -0.119. The number of benzene rings is 3. The number of hydrogen-bond donors (Lipinski definition) is 2. The fourth-order valence-electron chi connectivity index (χ4n) is 3.10. The lowest BCUT2D eigenvalue weighted by atomic mass is 10.1. The van der Waals surface area contributed by atoms with E-state index in [1.165, 1.54) is 10.6 Å². The van der Waals surface area contributed by atoms with Gasteiger partial charge in [-0.25, -0.2) is 4.39 Å². The van der Waals surface area contributed by atoms with Crippen LogP contribution in [0.25, 0.3) is 17.1 Å². The number of hydrazine groups is 1. The number of thioether (sulfide) groups is 1. The summed E-state index contributed by atoms with van der Waals surface area (Å²) in [6, 6.07) is 20.2. The van der Waals surface area contributed by atoms with Crippen LogP contribution in [0.5, 0.6) is 0 Å².